The van der Waals surface area contributed by atoms with E-state index in [1.165, 1.54) is 18.2 Å². The number of nitriles is 1. The van der Waals surface area contributed by atoms with Crippen LogP contribution in [0.25, 0.3) is 11.1 Å². The van der Waals surface area contributed by atoms with Gasteiger partial charge in [0.05, 0.1) is 11.1 Å². The van der Waals surface area contributed by atoms with Crippen molar-refractivity contribution >= 4 is 5.91 Å². The van der Waals surface area contributed by atoms with Gasteiger partial charge < -0.3 is 9.64 Å². The Morgan fingerprint density at radius 1 is 1.06 bits per heavy atom. The minimum atomic E-state index is -0.650. The van der Waals surface area contributed by atoms with Crippen LogP contribution in [-0.2, 0) is 13.1 Å². The number of para-hydroxylation sites is 1. The Morgan fingerprint density at radius 2 is 1.85 bits per heavy atom. The first-order valence-corrected chi connectivity index (χ1v) is 10.8. The Labute approximate surface area is 196 Å². The molecule has 0 aliphatic carbocycles. The maximum absolute atomic E-state index is 14.3. The summed E-state index contributed by atoms with van der Waals surface area (Å²) < 4.78 is 20.1. The number of fused-ring (bicyclic) bond motifs is 1. The maximum atomic E-state index is 14.3. The van der Waals surface area contributed by atoms with Crippen LogP contribution >= 0.6 is 0 Å². The summed E-state index contributed by atoms with van der Waals surface area (Å²) >= 11 is 0. The van der Waals surface area contributed by atoms with Gasteiger partial charge in [-0.25, -0.2) is 4.39 Å². The molecule has 1 aliphatic rings. The molecule has 0 saturated heterocycles. The number of ether oxygens (including phenoxy) is 1. The van der Waals surface area contributed by atoms with Gasteiger partial charge >= 0.3 is 0 Å². The van der Waals surface area contributed by atoms with E-state index in [9.17, 15) is 14.4 Å². The number of nitrogens with zero attached hydrogens (tertiary/aromatic N) is 3. The minimum absolute atomic E-state index is 0.0735. The number of carbonyl (C=O) groups excluding carboxylic acids is 1. The number of amides is 1. The molecule has 1 aliphatic heterocycles. The standard InChI is InChI=1S/C28H20FN3O2/c1-18-14-21(12-13-31-18)20-10-8-19(9-11-20)16-32-17-23-5-3-7-25(26(23)28(32)33)34-27-22(15-30)4-2-6-24(27)29/h2-14H,16-17H2,1H3. The van der Waals surface area contributed by atoms with Gasteiger partial charge in [0.25, 0.3) is 5.91 Å². The second-order valence-electron chi connectivity index (χ2n) is 8.16. The lowest BCUT2D eigenvalue weighted by Crippen LogP contribution is -2.23. The van der Waals surface area contributed by atoms with E-state index in [2.05, 4.69) is 4.98 Å². The lowest BCUT2D eigenvalue weighted by Gasteiger charge is -2.16. The third kappa shape index (κ3) is 4.00. The lowest BCUT2D eigenvalue weighted by molar-refractivity contribution is 0.0764. The molecule has 0 saturated carbocycles. The SMILES string of the molecule is Cc1cc(-c2ccc(CN3Cc4cccc(Oc5c(F)cccc5C#N)c4C3=O)cc2)ccn1. The van der Waals surface area contributed by atoms with Crippen molar-refractivity contribution in [2.45, 2.75) is 20.0 Å². The molecule has 0 spiro atoms. The van der Waals surface area contributed by atoms with E-state index in [1.807, 2.05) is 55.5 Å². The van der Waals surface area contributed by atoms with Crippen molar-refractivity contribution in [1.82, 2.24) is 9.88 Å². The maximum Gasteiger partial charge on any atom is 0.258 e. The number of halogens is 1. The molecule has 0 bridgehead atoms. The first-order chi connectivity index (χ1) is 16.5. The summed E-state index contributed by atoms with van der Waals surface area (Å²) in [6, 6.07) is 23.4. The average molecular weight is 449 g/mol. The number of pyridine rings is 1. The van der Waals surface area contributed by atoms with Crippen LogP contribution in [-0.4, -0.2) is 15.8 Å². The Bertz CT molecular complexity index is 1440. The highest BCUT2D eigenvalue weighted by Crippen LogP contribution is 2.36. The van der Waals surface area contributed by atoms with Crippen LogP contribution in [0.1, 0.15) is 32.7 Å². The van der Waals surface area contributed by atoms with Gasteiger partial charge in [-0.1, -0.05) is 42.5 Å². The third-order valence-electron chi connectivity index (χ3n) is 5.83. The highest BCUT2D eigenvalue weighted by Gasteiger charge is 2.31. The number of benzene rings is 3. The molecule has 0 radical (unpaired) electrons. The molecule has 5 rings (SSSR count). The van der Waals surface area contributed by atoms with Gasteiger partial charge in [-0.15, -0.1) is 0 Å². The highest BCUT2D eigenvalue weighted by molar-refractivity contribution is 6.01. The van der Waals surface area contributed by atoms with Crippen molar-refractivity contribution in [2.24, 2.45) is 0 Å². The molecular formula is C28H20FN3O2. The number of carbonyl (C=O) groups is 1. The Kier molecular flexibility index (Phi) is 5.52. The van der Waals surface area contributed by atoms with Gasteiger partial charge in [0.15, 0.2) is 11.6 Å². The minimum Gasteiger partial charge on any atom is -0.452 e. The van der Waals surface area contributed by atoms with Crippen LogP contribution in [0.3, 0.4) is 0 Å². The molecule has 0 atom stereocenters. The Morgan fingerprint density at radius 3 is 2.62 bits per heavy atom. The van der Waals surface area contributed by atoms with Crippen LogP contribution < -0.4 is 4.74 Å². The molecule has 0 fully saturated rings. The molecular weight excluding hydrogens is 429 g/mol. The molecule has 3 aromatic carbocycles. The van der Waals surface area contributed by atoms with E-state index in [0.29, 0.717) is 18.7 Å². The lowest BCUT2D eigenvalue weighted by atomic mass is 10.0. The summed E-state index contributed by atoms with van der Waals surface area (Å²) in [5.41, 5.74) is 5.41. The smallest absolute Gasteiger partial charge is 0.258 e. The number of aromatic nitrogens is 1. The number of aryl methyl sites for hydroxylation is 1. The van der Waals surface area contributed by atoms with E-state index >= 15 is 0 Å². The summed E-state index contributed by atoms with van der Waals surface area (Å²) in [6.07, 6.45) is 1.79. The van der Waals surface area contributed by atoms with Crippen molar-refractivity contribution in [3.05, 3.63) is 113 Å². The van der Waals surface area contributed by atoms with Crippen molar-refractivity contribution in [1.29, 1.82) is 5.26 Å². The van der Waals surface area contributed by atoms with Crippen LogP contribution in [0, 0.1) is 24.1 Å². The fraction of sp³-hybridized carbons (Fsp3) is 0.107. The first kappa shape index (κ1) is 21.4. The normalized spacial score (nSPS) is 12.4. The van der Waals surface area contributed by atoms with Gasteiger partial charge in [0, 0.05) is 25.0 Å². The molecule has 4 aromatic rings. The molecule has 5 nitrogen and oxygen atoms in total. The summed E-state index contributed by atoms with van der Waals surface area (Å²) in [7, 11) is 0. The number of hydrogen-bond acceptors (Lipinski definition) is 4. The summed E-state index contributed by atoms with van der Waals surface area (Å²) in [5.74, 6) is -0.765. The fourth-order valence-corrected chi connectivity index (χ4v) is 4.16. The fourth-order valence-electron chi connectivity index (χ4n) is 4.16. The highest BCUT2D eigenvalue weighted by atomic mass is 19.1. The van der Waals surface area contributed by atoms with Crippen molar-refractivity contribution in [3.63, 3.8) is 0 Å². The number of hydrogen-bond donors (Lipinski definition) is 0. The molecule has 1 amide bonds. The number of rotatable bonds is 5. The molecule has 166 valence electrons. The second kappa shape index (κ2) is 8.80. The molecule has 2 heterocycles. The van der Waals surface area contributed by atoms with Crippen LogP contribution in [0.2, 0.25) is 0 Å². The van der Waals surface area contributed by atoms with Gasteiger partial charge in [0.2, 0.25) is 0 Å². The topological polar surface area (TPSA) is 66.2 Å². The largest absolute Gasteiger partial charge is 0.452 e. The van der Waals surface area contributed by atoms with Crippen LogP contribution in [0.4, 0.5) is 4.39 Å². The third-order valence-corrected chi connectivity index (χ3v) is 5.83. The van der Waals surface area contributed by atoms with Crippen LogP contribution in [0.15, 0.2) is 79.0 Å². The molecule has 6 heteroatoms. The summed E-state index contributed by atoms with van der Waals surface area (Å²) in [5, 5.41) is 9.30. The van der Waals surface area contributed by atoms with E-state index in [0.717, 1.165) is 27.9 Å². The molecule has 0 N–H and O–H groups in total. The zero-order chi connectivity index (χ0) is 23.7. The zero-order valence-electron chi connectivity index (χ0n) is 18.5. The van der Waals surface area contributed by atoms with E-state index in [4.69, 9.17) is 4.74 Å². The van der Waals surface area contributed by atoms with E-state index in [1.54, 1.807) is 23.2 Å². The molecule has 1 aromatic heterocycles. The Balaban J connectivity index is 1.37. The summed E-state index contributed by atoms with van der Waals surface area (Å²) in [6.45, 7) is 2.82. The predicted octanol–water partition coefficient (Wildman–Crippen LogP) is 6.02. The monoisotopic (exact) mass is 449 g/mol. The van der Waals surface area contributed by atoms with E-state index < -0.39 is 5.82 Å². The van der Waals surface area contributed by atoms with Crippen molar-refractivity contribution < 1.29 is 13.9 Å². The molecule has 34 heavy (non-hydrogen) atoms. The first-order valence-electron chi connectivity index (χ1n) is 10.8. The van der Waals surface area contributed by atoms with Crippen molar-refractivity contribution in [2.75, 3.05) is 0 Å². The quantitative estimate of drug-likeness (QED) is 0.374. The van der Waals surface area contributed by atoms with Gasteiger partial charge in [0.1, 0.15) is 11.8 Å². The Hall–Kier alpha value is -4.50. The van der Waals surface area contributed by atoms with Gasteiger partial charge in [-0.3, -0.25) is 9.78 Å². The van der Waals surface area contributed by atoms with Crippen LogP contribution in [0.5, 0.6) is 11.5 Å². The zero-order valence-corrected chi connectivity index (χ0v) is 18.5. The van der Waals surface area contributed by atoms with Gasteiger partial charge in [-0.2, -0.15) is 5.26 Å². The predicted molar refractivity (Wildman–Crippen MR) is 126 cm³/mol. The van der Waals surface area contributed by atoms with Gasteiger partial charge in [-0.05, 0) is 59.5 Å². The second-order valence-corrected chi connectivity index (χ2v) is 8.16. The average Bonchev–Trinajstić information content (AvgIpc) is 3.16. The molecule has 0 unspecified atom stereocenters. The van der Waals surface area contributed by atoms with Crippen molar-refractivity contribution in [3.8, 4) is 28.7 Å². The van der Waals surface area contributed by atoms with E-state index in [-0.39, 0.29) is 23.0 Å². The summed E-state index contributed by atoms with van der Waals surface area (Å²) in [4.78, 5) is 19.2.